The maximum Gasteiger partial charge on any atom is 0.169 e. The van der Waals surface area contributed by atoms with Crippen LogP contribution in [0.3, 0.4) is 0 Å². The van der Waals surface area contributed by atoms with Crippen LogP contribution in [0.4, 0.5) is 0 Å². The molecular formula is C15H17N3S. The number of thiocarbonyl (C=S) groups is 1. The van der Waals surface area contributed by atoms with E-state index in [2.05, 4.69) is 57.4 Å². The maximum atomic E-state index is 5.46. The molecule has 1 atom stereocenters. The highest BCUT2D eigenvalue weighted by Gasteiger charge is 2.29. The molecule has 0 fully saturated rings. The molecule has 4 heteroatoms. The van der Waals surface area contributed by atoms with Gasteiger partial charge < -0.3 is 14.8 Å². The number of fused-ring (bicyclic) bond motifs is 1. The van der Waals surface area contributed by atoms with Crippen molar-refractivity contribution in [2.75, 3.05) is 13.6 Å². The van der Waals surface area contributed by atoms with Gasteiger partial charge in [0.15, 0.2) is 5.11 Å². The molecule has 0 unspecified atom stereocenters. The molecule has 0 saturated carbocycles. The summed E-state index contributed by atoms with van der Waals surface area (Å²) in [4.78, 5) is 2.26. The van der Waals surface area contributed by atoms with Crippen LogP contribution in [-0.4, -0.2) is 28.2 Å². The lowest BCUT2D eigenvalue weighted by atomic mass is 10.0. The van der Waals surface area contributed by atoms with Crippen LogP contribution in [-0.2, 0) is 6.54 Å². The van der Waals surface area contributed by atoms with Gasteiger partial charge in [-0.25, -0.2) is 0 Å². The molecule has 2 heterocycles. The van der Waals surface area contributed by atoms with Crippen LogP contribution in [0.5, 0.6) is 0 Å². The van der Waals surface area contributed by atoms with Gasteiger partial charge in [-0.2, -0.15) is 0 Å². The van der Waals surface area contributed by atoms with Crippen molar-refractivity contribution in [3.8, 4) is 0 Å². The summed E-state index contributed by atoms with van der Waals surface area (Å²) >= 11 is 5.46. The minimum absolute atomic E-state index is 0.199. The molecule has 3 rings (SSSR count). The average Bonchev–Trinajstić information content (AvgIpc) is 2.94. The van der Waals surface area contributed by atoms with Crippen molar-refractivity contribution in [3.63, 3.8) is 0 Å². The number of hydrogen-bond acceptors (Lipinski definition) is 1. The van der Waals surface area contributed by atoms with Gasteiger partial charge in [0.25, 0.3) is 0 Å². The van der Waals surface area contributed by atoms with Gasteiger partial charge in [0.1, 0.15) is 0 Å². The number of nitrogens with zero attached hydrogens (tertiary/aromatic N) is 2. The van der Waals surface area contributed by atoms with Crippen LogP contribution in [0.15, 0.2) is 48.7 Å². The van der Waals surface area contributed by atoms with Gasteiger partial charge in [0.05, 0.1) is 6.04 Å². The Labute approximate surface area is 118 Å². The van der Waals surface area contributed by atoms with Crippen molar-refractivity contribution < 1.29 is 0 Å². The number of benzene rings is 1. The SMILES string of the molecule is CNC(=S)N1CCn2cccc2[C@@H]1c1ccccc1. The van der Waals surface area contributed by atoms with Crippen LogP contribution >= 0.6 is 12.2 Å². The monoisotopic (exact) mass is 271 g/mol. The van der Waals surface area contributed by atoms with Crippen molar-refractivity contribution in [1.82, 2.24) is 14.8 Å². The van der Waals surface area contributed by atoms with Crippen molar-refractivity contribution in [2.24, 2.45) is 0 Å². The molecule has 0 bridgehead atoms. The Kier molecular flexibility index (Phi) is 3.25. The predicted octanol–water partition coefficient (Wildman–Crippen LogP) is 2.40. The predicted molar refractivity (Wildman–Crippen MR) is 81.1 cm³/mol. The second-order valence-corrected chi connectivity index (χ2v) is 5.07. The Hall–Kier alpha value is -1.81. The third-order valence-corrected chi connectivity index (χ3v) is 4.07. The Morgan fingerprint density at radius 3 is 2.68 bits per heavy atom. The summed E-state index contributed by atoms with van der Waals surface area (Å²) in [5, 5.41) is 3.91. The zero-order valence-corrected chi connectivity index (χ0v) is 11.7. The molecule has 0 aliphatic carbocycles. The van der Waals surface area contributed by atoms with Gasteiger partial charge in [0, 0.05) is 32.0 Å². The summed E-state index contributed by atoms with van der Waals surface area (Å²) in [5.74, 6) is 0. The summed E-state index contributed by atoms with van der Waals surface area (Å²) in [7, 11) is 1.89. The molecule has 1 aliphatic heterocycles. The van der Waals surface area contributed by atoms with E-state index in [-0.39, 0.29) is 6.04 Å². The fraction of sp³-hybridized carbons (Fsp3) is 0.267. The lowest BCUT2D eigenvalue weighted by Gasteiger charge is -2.38. The van der Waals surface area contributed by atoms with E-state index in [0.29, 0.717) is 0 Å². The van der Waals surface area contributed by atoms with E-state index in [1.165, 1.54) is 11.3 Å². The minimum Gasteiger partial charge on any atom is -0.366 e. The molecule has 98 valence electrons. The van der Waals surface area contributed by atoms with E-state index in [4.69, 9.17) is 12.2 Å². The van der Waals surface area contributed by atoms with Gasteiger partial charge in [-0.3, -0.25) is 0 Å². The van der Waals surface area contributed by atoms with Crippen molar-refractivity contribution in [1.29, 1.82) is 0 Å². The molecule has 1 aliphatic rings. The van der Waals surface area contributed by atoms with E-state index < -0.39 is 0 Å². The molecule has 0 saturated heterocycles. The first-order valence-corrected chi connectivity index (χ1v) is 6.90. The van der Waals surface area contributed by atoms with E-state index in [9.17, 15) is 0 Å². The molecule has 0 amide bonds. The van der Waals surface area contributed by atoms with Crippen LogP contribution in [0.2, 0.25) is 0 Å². The third kappa shape index (κ3) is 2.12. The number of aromatic nitrogens is 1. The largest absolute Gasteiger partial charge is 0.366 e. The Balaban J connectivity index is 2.07. The van der Waals surface area contributed by atoms with Crippen molar-refractivity contribution in [3.05, 3.63) is 59.9 Å². The zero-order chi connectivity index (χ0) is 13.2. The summed E-state index contributed by atoms with van der Waals surface area (Å²) in [6.45, 7) is 1.91. The first kappa shape index (κ1) is 12.2. The van der Waals surface area contributed by atoms with E-state index >= 15 is 0 Å². The molecule has 0 radical (unpaired) electrons. The standard InChI is InChI=1S/C15H17N3S/c1-16-15(19)18-11-10-17-9-5-8-13(17)14(18)12-6-3-2-4-7-12/h2-9,14H,10-11H2,1H3,(H,16,19)/t14-/m0/s1. The smallest absolute Gasteiger partial charge is 0.169 e. The van der Waals surface area contributed by atoms with Crippen LogP contribution in [0.1, 0.15) is 17.3 Å². The maximum absolute atomic E-state index is 5.46. The Bertz CT molecular complexity index is 576. The van der Waals surface area contributed by atoms with Gasteiger partial charge >= 0.3 is 0 Å². The first-order chi connectivity index (χ1) is 9.31. The van der Waals surface area contributed by atoms with Crippen LogP contribution in [0.25, 0.3) is 0 Å². The third-order valence-electron chi connectivity index (χ3n) is 3.63. The lowest BCUT2D eigenvalue weighted by molar-refractivity contribution is 0.287. The van der Waals surface area contributed by atoms with E-state index in [1.807, 2.05) is 13.1 Å². The summed E-state index contributed by atoms with van der Waals surface area (Å²) in [5.41, 5.74) is 2.58. The molecular weight excluding hydrogens is 254 g/mol. The van der Waals surface area contributed by atoms with Crippen molar-refractivity contribution in [2.45, 2.75) is 12.6 Å². The summed E-state index contributed by atoms with van der Waals surface area (Å²) < 4.78 is 2.31. The van der Waals surface area contributed by atoms with Crippen LogP contribution in [0, 0.1) is 0 Å². The lowest BCUT2D eigenvalue weighted by Crippen LogP contribution is -2.46. The highest BCUT2D eigenvalue weighted by molar-refractivity contribution is 7.80. The zero-order valence-electron chi connectivity index (χ0n) is 10.9. The van der Waals surface area contributed by atoms with Gasteiger partial charge in [-0.05, 0) is 29.9 Å². The fourth-order valence-electron chi connectivity index (χ4n) is 2.73. The van der Waals surface area contributed by atoms with Gasteiger partial charge in [-0.1, -0.05) is 30.3 Å². The van der Waals surface area contributed by atoms with Gasteiger partial charge in [0.2, 0.25) is 0 Å². The minimum atomic E-state index is 0.199. The Morgan fingerprint density at radius 2 is 1.95 bits per heavy atom. The molecule has 3 nitrogen and oxygen atoms in total. The highest BCUT2D eigenvalue weighted by atomic mass is 32.1. The fourth-order valence-corrected chi connectivity index (χ4v) is 2.93. The number of hydrogen-bond donors (Lipinski definition) is 1. The van der Waals surface area contributed by atoms with Crippen molar-refractivity contribution >= 4 is 17.3 Å². The summed E-state index contributed by atoms with van der Waals surface area (Å²) in [6, 6.07) is 15.0. The topological polar surface area (TPSA) is 20.2 Å². The highest BCUT2D eigenvalue weighted by Crippen LogP contribution is 2.32. The van der Waals surface area contributed by atoms with E-state index in [0.717, 1.165) is 18.2 Å². The molecule has 1 aromatic heterocycles. The molecule has 0 spiro atoms. The van der Waals surface area contributed by atoms with Gasteiger partial charge in [-0.15, -0.1) is 0 Å². The second kappa shape index (κ2) is 5.05. The van der Waals surface area contributed by atoms with E-state index in [1.54, 1.807) is 0 Å². The average molecular weight is 271 g/mol. The number of rotatable bonds is 1. The normalized spacial score (nSPS) is 17.9. The molecule has 19 heavy (non-hydrogen) atoms. The number of nitrogens with one attached hydrogen (secondary N) is 1. The quantitative estimate of drug-likeness (QED) is 0.804. The molecule has 1 aromatic carbocycles. The second-order valence-electron chi connectivity index (χ2n) is 4.69. The molecule has 2 aromatic rings. The Morgan fingerprint density at radius 1 is 1.16 bits per heavy atom. The molecule has 1 N–H and O–H groups in total. The van der Waals surface area contributed by atoms with Crippen LogP contribution < -0.4 is 5.32 Å². The summed E-state index contributed by atoms with van der Waals surface area (Å²) in [6.07, 6.45) is 2.14. The first-order valence-electron chi connectivity index (χ1n) is 6.49.